The number of nitrogens with zero attached hydrogens (tertiary/aromatic N) is 4. The molecule has 5 nitrogen and oxygen atoms in total. The third-order valence-corrected chi connectivity index (χ3v) is 2.69. The Balaban J connectivity index is 2.51. The third-order valence-electron chi connectivity index (χ3n) is 1.99. The zero-order chi connectivity index (χ0) is 11.5. The number of hydrogen-bond acceptors (Lipinski definition) is 4. The van der Waals surface area contributed by atoms with Crippen LogP contribution in [0.15, 0.2) is 22.7 Å². The second-order valence-electron chi connectivity index (χ2n) is 2.99. The van der Waals surface area contributed by atoms with Crippen LogP contribution in [0.4, 0.5) is 0 Å². The summed E-state index contributed by atoms with van der Waals surface area (Å²) in [6, 6.07) is 5.57. The van der Waals surface area contributed by atoms with Crippen LogP contribution in [0, 0.1) is 0 Å². The van der Waals surface area contributed by atoms with Gasteiger partial charge in [0.25, 0.3) is 0 Å². The zero-order valence-electron chi connectivity index (χ0n) is 8.39. The lowest BCUT2D eigenvalue weighted by atomic mass is 10.3. The Morgan fingerprint density at radius 1 is 1.44 bits per heavy atom. The molecule has 1 heterocycles. The van der Waals surface area contributed by atoms with Gasteiger partial charge < -0.3 is 4.74 Å². The van der Waals surface area contributed by atoms with Crippen molar-refractivity contribution in [2.45, 2.75) is 5.88 Å². The minimum absolute atomic E-state index is 0.252. The van der Waals surface area contributed by atoms with E-state index in [0.29, 0.717) is 5.82 Å². The van der Waals surface area contributed by atoms with Crippen LogP contribution in [0.2, 0.25) is 0 Å². The van der Waals surface area contributed by atoms with Crippen LogP contribution >= 0.6 is 27.5 Å². The fourth-order valence-electron chi connectivity index (χ4n) is 1.28. The van der Waals surface area contributed by atoms with Gasteiger partial charge in [-0.2, -0.15) is 4.68 Å². The average Bonchev–Trinajstić information content (AvgIpc) is 2.76. The minimum atomic E-state index is 0.252. The lowest BCUT2D eigenvalue weighted by Gasteiger charge is -2.06. The Morgan fingerprint density at radius 2 is 2.25 bits per heavy atom. The molecule has 0 aliphatic rings. The Hall–Kier alpha value is -1.14. The van der Waals surface area contributed by atoms with Crippen LogP contribution in [0.25, 0.3) is 5.69 Å². The van der Waals surface area contributed by atoms with Crippen molar-refractivity contribution in [3.8, 4) is 11.4 Å². The van der Waals surface area contributed by atoms with Crippen molar-refractivity contribution < 1.29 is 4.74 Å². The summed E-state index contributed by atoms with van der Waals surface area (Å²) in [6.07, 6.45) is 0. The first-order valence-corrected chi connectivity index (χ1v) is 5.75. The van der Waals surface area contributed by atoms with Crippen molar-refractivity contribution in [3.05, 3.63) is 28.5 Å². The molecule has 0 radical (unpaired) electrons. The summed E-state index contributed by atoms with van der Waals surface area (Å²) in [5, 5.41) is 11.3. The van der Waals surface area contributed by atoms with Gasteiger partial charge in [0.05, 0.1) is 18.7 Å². The molecule has 2 aromatic rings. The largest absolute Gasteiger partial charge is 0.497 e. The second-order valence-corrected chi connectivity index (χ2v) is 4.17. The number of aromatic nitrogens is 4. The molecule has 0 bridgehead atoms. The molecule has 2 rings (SSSR count). The predicted molar refractivity (Wildman–Crippen MR) is 63.0 cm³/mol. The maximum absolute atomic E-state index is 5.73. The molecule has 0 unspecified atom stereocenters. The topological polar surface area (TPSA) is 52.8 Å². The number of methoxy groups -OCH3 is 1. The lowest BCUT2D eigenvalue weighted by Crippen LogP contribution is -2.02. The predicted octanol–water partition coefficient (Wildman–Crippen LogP) is 2.17. The first-order valence-electron chi connectivity index (χ1n) is 4.43. The van der Waals surface area contributed by atoms with Crippen molar-refractivity contribution in [1.82, 2.24) is 20.2 Å². The monoisotopic (exact) mass is 302 g/mol. The highest BCUT2D eigenvalue weighted by Crippen LogP contribution is 2.23. The fraction of sp³-hybridized carbons (Fsp3) is 0.222. The first kappa shape index (κ1) is 11.3. The van der Waals surface area contributed by atoms with Crippen molar-refractivity contribution >= 4 is 27.5 Å². The van der Waals surface area contributed by atoms with Crippen molar-refractivity contribution in [3.63, 3.8) is 0 Å². The number of rotatable bonds is 3. The van der Waals surface area contributed by atoms with Crippen molar-refractivity contribution in [1.29, 1.82) is 0 Å². The fourth-order valence-corrected chi connectivity index (χ4v) is 1.90. The average molecular weight is 304 g/mol. The minimum Gasteiger partial charge on any atom is -0.497 e. The van der Waals surface area contributed by atoms with E-state index in [2.05, 4.69) is 31.5 Å². The van der Waals surface area contributed by atoms with Crippen LogP contribution < -0.4 is 4.74 Å². The molecule has 0 aliphatic heterocycles. The summed E-state index contributed by atoms with van der Waals surface area (Å²) >= 11 is 9.12. The SMILES string of the molecule is COc1cc(Br)cc(-n2nnnc2CCl)c1. The number of ether oxygens (including phenoxy) is 1. The van der Waals surface area contributed by atoms with Crippen LogP contribution in [-0.2, 0) is 5.88 Å². The van der Waals surface area contributed by atoms with Gasteiger partial charge in [-0.1, -0.05) is 15.9 Å². The number of hydrogen-bond donors (Lipinski definition) is 0. The molecule has 84 valence electrons. The van der Waals surface area contributed by atoms with Gasteiger partial charge in [0.15, 0.2) is 5.82 Å². The summed E-state index contributed by atoms with van der Waals surface area (Å²) in [5.74, 6) is 1.56. The molecule has 0 fully saturated rings. The van der Waals surface area contributed by atoms with E-state index in [1.54, 1.807) is 11.8 Å². The highest BCUT2D eigenvalue weighted by Gasteiger charge is 2.08. The van der Waals surface area contributed by atoms with Gasteiger partial charge in [0.1, 0.15) is 5.75 Å². The van der Waals surface area contributed by atoms with E-state index < -0.39 is 0 Å². The van der Waals surface area contributed by atoms with E-state index in [0.717, 1.165) is 15.9 Å². The summed E-state index contributed by atoms with van der Waals surface area (Å²) in [6.45, 7) is 0. The second kappa shape index (κ2) is 4.80. The normalized spacial score (nSPS) is 10.4. The number of tetrazole rings is 1. The Labute approximate surface area is 105 Å². The van der Waals surface area contributed by atoms with Gasteiger partial charge in [0.2, 0.25) is 0 Å². The standard InChI is InChI=1S/C9H8BrClN4O/c1-16-8-3-6(10)2-7(4-8)15-9(5-11)12-13-14-15/h2-4H,5H2,1H3. The van der Waals surface area contributed by atoms with Gasteiger partial charge in [-0.3, -0.25) is 0 Å². The first-order chi connectivity index (χ1) is 7.74. The van der Waals surface area contributed by atoms with Crippen LogP contribution in [0.1, 0.15) is 5.82 Å². The van der Waals surface area contributed by atoms with Crippen LogP contribution in [0.3, 0.4) is 0 Å². The molecule has 0 atom stereocenters. The number of benzene rings is 1. The number of alkyl halides is 1. The molecule has 1 aromatic carbocycles. The molecule has 0 saturated heterocycles. The highest BCUT2D eigenvalue weighted by molar-refractivity contribution is 9.10. The summed E-state index contributed by atoms with van der Waals surface area (Å²) in [5.41, 5.74) is 0.798. The van der Waals surface area contributed by atoms with E-state index in [9.17, 15) is 0 Å². The van der Waals surface area contributed by atoms with Gasteiger partial charge in [-0.25, -0.2) is 0 Å². The van der Waals surface area contributed by atoms with E-state index in [4.69, 9.17) is 16.3 Å². The Kier molecular flexibility index (Phi) is 3.40. The van der Waals surface area contributed by atoms with Gasteiger partial charge >= 0.3 is 0 Å². The van der Waals surface area contributed by atoms with Crippen LogP contribution in [-0.4, -0.2) is 27.3 Å². The molecule has 0 aliphatic carbocycles. The molecular weight excluding hydrogens is 295 g/mol. The van der Waals surface area contributed by atoms with Gasteiger partial charge in [0, 0.05) is 10.5 Å². The molecule has 0 N–H and O–H groups in total. The van der Waals surface area contributed by atoms with Gasteiger partial charge in [-0.05, 0) is 22.6 Å². The summed E-state index contributed by atoms with van der Waals surface area (Å²) < 4.78 is 7.62. The Bertz CT molecular complexity index is 502. The molecule has 0 saturated carbocycles. The molecule has 7 heteroatoms. The Morgan fingerprint density at radius 3 is 2.94 bits per heavy atom. The zero-order valence-corrected chi connectivity index (χ0v) is 10.7. The number of halogens is 2. The molecular formula is C9H8BrClN4O. The maximum Gasteiger partial charge on any atom is 0.171 e. The van der Waals surface area contributed by atoms with Crippen LogP contribution in [0.5, 0.6) is 5.75 Å². The summed E-state index contributed by atoms with van der Waals surface area (Å²) in [4.78, 5) is 0. The summed E-state index contributed by atoms with van der Waals surface area (Å²) in [7, 11) is 1.60. The van der Waals surface area contributed by atoms with E-state index in [-0.39, 0.29) is 5.88 Å². The van der Waals surface area contributed by atoms with Crippen molar-refractivity contribution in [2.75, 3.05) is 7.11 Å². The lowest BCUT2D eigenvalue weighted by molar-refractivity contribution is 0.414. The van der Waals surface area contributed by atoms with E-state index >= 15 is 0 Å². The molecule has 0 amide bonds. The maximum atomic E-state index is 5.73. The van der Waals surface area contributed by atoms with Crippen molar-refractivity contribution in [2.24, 2.45) is 0 Å². The molecule has 1 aromatic heterocycles. The van der Waals surface area contributed by atoms with E-state index in [1.165, 1.54) is 0 Å². The van der Waals surface area contributed by atoms with E-state index in [1.807, 2.05) is 18.2 Å². The smallest absolute Gasteiger partial charge is 0.171 e. The molecule has 0 spiro atoms. The van der Waals surface area contributed by atoms with Gasteiger partial charge in [-0.15, -0.1) is 16.7 Å². The quantitative estimate of drug-likeness (QED) is 0.816. The molecule has 16 heavy (non-hydrogen) atoms. The third kappa shape index (κ3) is 2.17. The highest BCUT2D eigenvalue weighted by atomic mass is 79.9.